The van der Waals surface area contributed by atoms with Crippen LogP contribution in [-0.4, -0.2) is 24.7 Å². The van der Waals surface area contributed by atoms with Crippen molar-refractivity contribution in [3.63, 3.8) is 0 Å². The van der Waals surface area contributed by atoms with Gasteiger partial charge in [0.2, 0.25) is 0 Å². The van der Waals surface area contributed by atoms with Gasteiger partial charge in [0.05, 0.1) is 18.9 Å². The van der Waals surface area contributed by atoms with Gasteiger partial charge in [0.15, 0.2) is 0 Å². The van der Waals surface area contributed by atoms with Gasteiger partial charge in [-0.3, -0.25) is 0 Å². The number of aromatic nitrogens is 1. The van der Waals surface area contributed by atoms with Gasteiger partial charge >= 0.3 is 0 Å². The van der Waals surface area contributed by atoms with E-state index in [2.05, 4.69) is 16.9 Å². The average Bonchev–Trinajstić information content (AvgIpc) is 2.20. The number of nitrogens with zero attached hydrogens (tertiary/aromatic N) is 1. The van der Waals surface area contributed by atoms with Crippen molar-refractivity contribution < 1.29 is 4.74 Å². The van der Waals surface area contributed by atoms with Crippen LogP contribution in [-0.2, 0) is 4.74 Å². The average molecular weight is 207 g/mol. The van der Waals surface area contributed by atoms with E-state index in [-0.39, 0.29) is 0 Å². The fraction of sp³-hybridized carbons (Fsp3) is 0.364. The van der Waals surface area contributed by atoms with Gasteiger partial charge < -0.3 is 15.8 Å². The fourth-order valence-electron chi connectivity index (χ4n) is 1.07. The van der Waals surface area contributed by atoms with Crippen molar-refractivity contribution in [1.82, 2.24) is 4.98 Å². The van der Waals surface area contributed by atoms with Crippen LogP contribution in [0, 0.1) is 0 Å². The summed E-state index contributed by atoms with van der Waals surface area (Å²) in [6, 6.07) is 3.73. The van der Waals surface area contributed by atoms with Crippen molar-refractivity contribution in [2.45, 2.75) is 6.92 Å². The second kappa shape index (κ2) is 6.03. The van der Waals surface area contributed by atoms with E-state index in [9.17, 15) is 0 Å². The van der Waals surface area contributed by atoms with E-state index in [0.29, 0.717) is 25.6 Å². The van der Waals surface area contributed by atoms with Gasteiger partial charge in [0.1, 0.15) is 5.82 Å². The molecule has 0 spiro atoms. The summed E-state index contributed by atoms with van der Waals surface area (Å²) in [5.41, 5.74) is 7.52. The Balaban J connectivity index is 2.21. The first-order valence-corrected chi connectivity index (χ1v) is 4.86. The highest BCUT2D eigenvalue weighted by atomic mass is 16.5. The third-order valence-corrected chi connectivity index (χ3v) is 1.75. The number of nitrogen functional groups attached to an aromatic ring is 1. The van der Waals surface area contributed by atoms with Crippen molar-refractivity contribution in [3.8, 4) is 0 Å². The van der Waals surface area contributed by atoms with Crippen LogP contribution >= 0.6 is 0 Å². The number of pyridine rings is 1. The molecule has 0 saturated carbocycles. The Morgan fingerprint density at radius 1 is 1.67 bits per heavy atom. The zero-order chi connectivity index (χ0) is 11.1. The molecule has 0 unspecified atom stereocenters. The monoisotopic (exact) mass is 207 g/mol. The molecule has 4 nitrogen and oxygen atoms in total. The lowest BCUT2D eigenvalue weighted by Gasteiger charge is -2.08. The van der Waals surface area contributed by atoms with Gasteiger partial charge in [-0.05, 0) is 19.1 Å². The van der Waals surface area contributed by atoms with E-state index in [1.165, 1.54) is 0 Å². The largest absolute Gasteiger partial charge is 0.382 e. The maximum atomic E-state index is 5.65. The number of nitrogens with one attached hydrogen (secondary N) is 1. The Kier molecular flexibility index (Phi) is 4.63. The molecule has 1 aromatic heterocycles. The molecule has 0 saturated heterocycles. The predicted octanol–water partition coefficient (Wildman–Crippen LogP) is 1.67. The van der Waals surface area contributed by atoms with Crippen molar-refractivity contribution >= 4 is 11.5 Å². The molecule has 15 heavy (non-hydrogen) atoms. The van der Waals surface area contributed by atoms with Gasteiger partial charge in [-0.25, -0.2) is 4.98 Å². The quantitative estimate of drug-likeness (QED) is 0.550. The summed E-state index contributed by atoms with van der Waals surface area (Å²) in [5, 5.41) is 3.14. The molecule has 0 aliphatic rings. The third kappa shape index (κ3) is 4.46. The van der Waals surface area contributed by atoms with Crippen LogP contribution in [0.4, 0.5) is 11.5 Å². The van der Waals surface area contributed by atoms with Gasteiger partial charge in [-0.1, -0.05) is 12.2 Å². The molecule has 82 valence electrons. The molecule has 0 amide bonds. The highest BCUT2D eigenvalue weighted by molar-refractivity contribution is 5.60. The van der Waals surface area contributed by atoms with E-state index in [4.69, 9.17) is 10.5 Å². The number of hydrogen-bond donors (Lipinski definition) is 2. The molecule has 0 fully saturated rings. The Hall–Kier alpha value is -1.55. The van der Waals surface area contributed by atoms with Gasteiger partial charge in [0, 0.05) is 12.7 Å². The third-order valence-electron chi connectivity index (χ3n) is 1.75. The van der Waals surface area contributed by atoms with E-state index >= 15 is 0 Å². The highest BCUT2D eigenvalue weighted by Crippen LogP contribution is 2.12. The Morgan fingerprint density at radius 2 is 2.47 bits per heavy atom. The number of anilines is 2. The molecular weight excluding hydrogens is 190 g/mol. The number of nitrogens with two attached hydrogens (primary N) is 1. The summed E-state index contributed by atoms with van der Waals surface area (Å²) < 4.78 is 5.33. The van der Waals surface area contributed by atoms with Crippen LogP contribution in [0.3, 0.4) is 0 Å². The maximum Gasteiger partial charge on any atom is 0.146 e. The zero-order valence-electron chi connectivity index (χ0n) is 8.99. The van der Waals surface area contributed by atoms with Crippen molar-refractivity contribution in [2.24, 2.45) is 0 Å². The SMILES string of the molecule is C=C(C)COCCNc1cccnc1N. The molecule has 3 N–H and O–H groups in total. The minimum absolute atomic E-state index is 0.511. The Bertz CT molecular complexity index is 325. The summed E-state index contributed by atoms with van der Waals surface area (Å²) >= 11 is 0. The van der Waals surface area contributed by atoms with Crippen LogP contribution in [0.2, 0.25) is 0 Å². The summed E-state index contributed by atoms with van der Waals surface area (Å²) in [7, 11) is 0. The number of rotatable bonds is 6. The minimum atomic E-state index is 0.511. The molecule has 0 aliphatic carbocycles. The fourth-order valence-corrected chi connectivity index (χ4v) is 1.07. The second-order valence-electron chi connectivity index (χ2n) is 3.37. The summed E-state index contributed by atoms with van der Waals surface area (Å²) in [4.78, 5) is 3.97. The summed E-state index contributed by atoms with van der Waals surface area (Å²) in [6.45, 7) is 7.63. The summed E-state index contributed by atoms with van der Waals surface area (Å²) in [6.07, 6.45) is 1.66. The molecule has 0 bridgehead atoms. The Morgan fingerprint density at radius 3 is 3.13 bits per heavy atom. The first-order chi connectivity index (χ1) is 7.20. The van der Waals surface area contributed by atoms with Gasteiger partial charge in [-0.2, -0.15) is 0 Å². The van der Waals surface area contributed by atoms with E-state index in [0.717, 1.165) is 11.3 Å². The van der Waals surface area contributed by atoms with E-state index < -0.39 is 0 Å². The molecule has 0 atom stereocenters. The van der Waals surface area contributed by atoms with Crippen LogP contribution in [0.25, 0.3) is 0 Å². The minimum Gasteiger partial charge on any atom is -0.382 e. The molecule has 1 aromatic rings. The van der Waals surface area contributed by atoms with Crippen molar-refractivity contribution in [1.29, 1.82) is 0 Å². The van der Waals surface area contributed by atoms with Crippen molar-refractivity contribution in [3.05, 3.63) is 30.5 Å². The van der Waals surface area contributed by atoms with Crippen LogP contribution in [0.5, 0.6) is 0 Å². The lowest BCUT2D eigenvalue weighted by Crippen LogP contribution is -2.11. The predicted molar refractivity (Wildman–Crippen MR) is 62.8 cm³/mol. The molecule has 0 aromatic carbocycles. The second-order valence-corrected chi connectivity index (χ2v) is 3.37. The first kappa shape index (κ1) is 11.5. The maximum absolute atomic E-state index is 5.65. The standard InChI is InChI=1S/C11H17N3O/c1-9(2)8-15-7-6-13-10-4-3-5-14-11(10)12/h3-5,13H,1,6-8H2,2H3,(H2,12,14). The van der Waals surface area contributed by atoms with E-state index in [1.807, 2.05) is 19.1 Å². The van der Waals surface area contributed by atoms with Crippen LogP contribution < -0.4 is 11.1 Å². The van der Waals surface area contributed by atoms with Crippen LogP contribution in [0.15, 0.2) is 30.5 Å². The summed E-state index contributed by atoms with van der Waals surface area (Å²) in [5.74, 6) is 0.511. The van der Waals surface area contributed by atoms with Crippen molar-refractivity contribution in [2.75, 3.05) is 30.8 Å². The van der Waals surface area contributed by atoms with Crippen LogP contribution in [0.1, 0.15) is 6.92 Å². The molecular formula is C11H17N3O. The molecule has 0 aliphatic heterocycles. The highest BCUT2D eigenvalue weighted by Gasteiger charge is 1.96. The molecule has 1 heterocycles. The lowest BCUT2D eigenvalue weighted by atomic mass is 10.4. The smallest absolute Gasteiger partial charge is 0.146 e. The number of hydrogen-bond acceptors (Lipinski definition) is 4. The molecule has 0 radical (unpaired) electrons. The van der Waals surface area contributed by atoms with Gasteiger partial charge in [0.25, 0.3) is 0 Å². The Labute approximate surface area is 90.2 Å². The molecule has 1 rings (SSSR count). The zero-order valence-corrected chi connectivity index (χ0v) is 8.99. The lowest BCUT2D eigenvalue weighted by molar-refractivity contribution is 0.167. The molecule has 4 heteroatoms. The normalized spacial score (nSPS) is 9.93. The van der Waals surface area contributed by atoms with Gasteiger partial charge in [-0.15, -0.1) is 0 Å². The number of ether oxygens (including phenoxy) is 1. The topological polar surface area (TPSA) is 60.2 Å². The van der Waals surface area contributed by atoms with E-state index in [1.54, 1.807) is 6.20 Å². The first-order valence-electron chi connectivity index (χ1n) is 4.86.